The van der Waals surface area contributed by atoms with Crippen LogP contribution < -0.4 is 19.6 Å². The molecular formula is C23H18O7. The highest BCUT2D eigenvalue weighted by Crippen LogP contribution is 2.44. The van der Waals surface area contributed by atoms with Crippen molar-refractivity contribution >= 4 is 21.9 Å². The Morgan fingerprint density at radius 1 is 1.03 bits per heavy atom. The number of phenols is 1. The zero-order valence-corrected chi connectivity index (χ0v) is 16.0. The molecule has 0 amide bonds. The average molecular weight is 406 g/mol. The highest BCUT2D eigenvalue weighted by Gasteiger charge is 2.35. The number of benzene rings is 3. The molecule has 3 aromatic carbocycles. The molecular weight excluding hydrogens is 388 g/mol. The van der Waals surface area contributed by atoms with Crippen molar-refractivity contribution in [2.24, 2.45) is 0 Å². The number of hydrogen-bond donors (Lipinski definition) is 2. The Bertz CT molecular complexity index is 1320. The molecule has 0 spiro atoms. The van der Waals surface area contributed by atoms with Gasteiger partial charge in [0.15, 0.2) is 35.0 Å². The second-order valence-electron chi connectivity index (χ2n) is 7.01. The first kappa shape index (κ1) is 18.3. The monoisotopic (exact) mass is 406 g/mol. The van der Waals surface area contributed by atoms with E-state index >= 15 is 0 Å². The quantitative estimate of drug-likeness (QED) is 0.502. The van der Waals surface area contributed by atoms with Gasteiger partial charge in [0.05, 0.1) is 24.5 Å². The van der Waals surface area contributed by atoms with Gasteiger partial charge < -0.3 is 28.8 Å². The second kappa shape index (κ2) is 6.96. The van der Waals surface area contributed by atoms with Crippen LogP contribution in [-0.2, 0) is 0 Å². The summed E-state index contributed by atoms with van der Waals surface area (Å²) in [6.45, 7) is -0.332. The molecule has 2 N–H and O–H groups in total. The van der Waals surface area contributed by atoms with Crippen LogP contribution in [0.15, 0.2) is 63.8 Å². The minimum absolute atomic E-state index is 0.00132. The van der Waals surface area contributed by atoms with Crippen molar-refractivity contribution in [3.05, 3.63) is 70.4 Å². The van der Waals surface area contributed by atoms with Crippen LogP contribution in [0.2, 0.25) is 0 Å². The summed E-state index contributed by atoms with van der Waals surface area (Å²) in [5.41, 5.74) is 1.22. The summed E-state index contributed by atoms with van der Waals surface area (Å²) in [5, 5.41) is 20.7. The van der Waals surface area contributed by atoms with Crippen LogP contribution >= 0.6 is 0 Å². The van der Waals surface area contributed by atoms with E-state index in [1.165, 1.54) is 13.2 Å². The van der Waals surface area contributed by atoms with Gasteiger partial charge in [-0.15, -0.1) is 0 Å². The lowest BCUT2D eigenvalue weighted by atomic mass is 10.0. The van der Waals surface area contributed by atoms with Crippen LogP contribution in [0.3, 0.4) is 0 Å². The summed E-state index contributed by atoms with van der Waals surface area (Å²) < 4.78 is 23.3. The van der Waals surface area contributed by atoms with Crippen molar-refractivity contribution < 1.29 is 28.8 Å². The van der Waals surface area contributed by atoms with E-state index in [0.29, 0.717) is 27.7 Å². The van der Waals surface area contributed by atoms with Gasteiger partial charge in [-0.1, -0.05) is 18.2 Å². The molecule has 2 heterocycles. The largest absolute Gasteiger partial charge is 0.504 e. The van der Waals surface area contributed by atoms with Gasteiger partial charge in [-0.2, -0.15) is 0 Å². The van der Waals surface area contributed by atoms with E-state index in [9.17, 15) is 15.0 Å². The molecule has 2 atom stereocenters. The SMILES string of the molecule is COc1cc(C2Oc3ccc4c(=O)c5ccccc5oc4c3OC2CO)ccc1O. The van der Waals surface area contributed by atoms with Gasteiger partial charge in [-0.05, 0) is 36.4 Å². The molecule has 1 aliphatic rings. The van der Waals surface area contributed by atoms with E-state index < -0.39 is 12.2 Å². The normalized spacial score (nSPS) is 17.9. The first-order valence-corrected chi connectivity index (χ1v) is 9.40. The zero-order valence-electron chi connectivity index (χ0n) is 16.0. The van der Waals surface area contributed by atoms with E-state index in [0.717, 1.165) is 0 Å². The van der Waals surface area contributed by atoms with E-state index in [-0.39, 0.29) is 34.9 Å². The van der Waals surface area contributed by atoms with Crippen molar-refractivity contribution in [1.82, 2.24) is 0 Å². The van der Waals surface area contributed by atoms with Crippen molar-refractivity contribution in [2.75, 3.05) is 13.7 Å². The van der Waals surface area contributed by atoms with Crippen LogP contribution in [0, 0.1) is 0 Å². The zero-order chi connectivity index (χ0) is 20.8. The summed E-state index contributed by atoms with van der Waals surface area (Å²) in [4.78, 5) is 12.9. The molecule has 0 saturated carbocycles. The minimum atomic E-state index is -0.755. The van der Waals surface area contributed by atoms with Gasteiger partial charge >= 0.3 is 0 Å². The summed E-state index contributed by atoms with van der Waals surface area (Å²) >= 11 is 0. The fourth-order valence-corrected chi connectivity index (χ4v) is 3.74. The molecule has 5 rings (SSSR count). The Balaban J connectivity index is 1.66. The molecule has 30 heavy (non-hydrogen) atoms. The van der Waals surface area contributed by atoms with Gasteiger partial charge in [-0.3, -0.25) is 4.79 Å². The lowest BCUT2D eigenvalue weighted by Crippen LogP contribution is -2.36. The molecule has 2 unspecified atom stereocenters. The molecule has 0 radical (unpaired) electrons. The fourth-order valence-electron chi connectivity index (χ4n) is 3.74. The minimum Gasteiger partial charge on any atom is -0.504 e. The van der Waals surface area contributed by atoms with Gasteiger partial charge in [0.25, 0.3) is 0 Å². The maximum Gasteiger partial charge on any atom is 0.205 e. The molecule has 7 nitrogen and oxygen atoms in total. The Morgan fingerprint density at radius 3 is 2.67 bits per heavy atom. The number of methoxy groups -OCH3 is 1. The van der Waals surface area contributed by atoms with Crippen molar-refractivity contribution in [3.63, 3.8) is 0 Å². The van der Waals surface area contributed by atoms with E-state index in [2.05, 4.69) is 0 Å². The average Bonchev–Trinajstić information content (AvgIpc) is 2.78. The van der Waals surface area contributed by atoms with Crippen LogP contribution in [0.4, 0.5) is 0 Å². The number of hydrogen-bond acceptors (Lipinski definition) is 7. The first-order valence-electron chi connectivity index (χ1n) is 9.40. The number of para-hydroxylation sites is 1. The topological polar surface area (TPSA) is 98.4 Å². The number of rotatable bonds is 3. The molecule has 1 aromatic heterocycles. The Hall–Kier alpha value is -3.71. The third-order valence-electron chi connectivity index (χ3n) is 5.24. The van der Waals surface area contributed by atoms with Gasteiger partial charge in [0, 0.05) is 5.56 Å². The molecule has 1 aliphatic heterocycles. The summed E-state index contributed by atoms with van der Waals surface area (Å²) in [6.07, 6.45) is -1.41. The van der Waals surface area contributed by atoms with Crippen LogP contribution in [0.5, 0.6) is 23.0 Å². The summed E-state index contributed by atoms with van der Waals surface area (Å²) in [7, 11) is 1.45. The standard InChI is InChI=1S/C23H18O7/c1-27-18-10-12(6-8-15(18)25)21-19(11-24)30-23-17(29-21)9-7-14-20(26)13-4-2-3-5-16(13)28-22(14)23/h2-10,19,21,24-25H,11H2,1H3. The van der Waals surface area contributed by atoms with Gasteiger partial charge in [0.1, 0.15) is 5.58 Å². The fraction of sp³-hybridized carbons (Fsp3) is 0.174. The number of fused-ring (bicyclic) bond motifs is 4. The highest BCUT2D eigenvalue weighted by atomic mass is 16.6. The van der Waals surface area contributed by atoms with E-state index in [1.54, 1.807) is 48.5 Å². The smallest absolute Gasteiger partial charge is 0.205 e. The third-order valence-corrected chi connectivity index (χ3v) is 5.24. The number of aliphatic hydroxyl groups excluding tert-OH is 1. The van der Waals surface area contributed by atoms with Crippen molar-refractivity contribution in [1.29, 1.82) is 0 Å². The van der Waals surface area contributed by atoms with Crippen molar-refractivity contribution in [2.45, 2.75) is 12.2 Å². The molecule has 0 aliphatic carbocycles. The molecule has 4 aromatic rings. The summed E-state index contributed by atoms with van der Waals surface area (Å²) in [5.74, 6) is 0.951. The maximum atomic E-state index is 12.9. The van der Waals surface area contributed by atoms with Gasteiger partial charge in [-0.25, -0.2) is 0 Å². The van der Waals surface area contributed by atoms with Crippen LogP contribution in [0.1, 0.15) is 11.7 Å². The van der Waals surface area contributed by atoms with Crippen LogP contribution in [0.25, 0.3) is 21.9 Å². The molecule has 152 valence electrons. The van der Waals surface area contributed by atoms with Gasteiger partial charge in [0.2, 0.25) is 11.2 Å². The molecule has 0 bridgehead atoms. The van der Waals surface area contributed by atoms with Crippen LogP contribution in [-0.4, -0.2) is 30.0 Å². The number of ether oxygens (including phenoxy) is 3. The molecule has 7 heteroatoms. The number of aliphatic hydroxyl groups is 1. The molecule has 0 saturated heterocycles. The van der Waals surface area contributed by atoms with E-state index in [1.807, 2.05) is 0 Å². The first-order chi connectivity index (χ1) is 14.6. The predicted molar refractivity (Wildman–Crippen MR) is 110 cm³/mol. The Kier molecular flexibility index (Phi) is 4.25. The maximum absolute atomic E-state index is 12.9. The Morgan fingerprint density at radius 2 is 1.87 bits per heavy atom. The molecule has 0 fully saturated rings. The number of phenolic OH excluding ortho intramolecular Hbond substituents is 1. The van der Waals surface area contributed by atoms with E-state index in [4.69, 9.17) is 18.6 Å². The van der Waals surface area contributed by atoms with Crippen molar-refractivity contribution in [3.8, 4) is 23.0 Å². The summed E-state index contributed by atoms with van der Waals surface area (Å²) in [6, 6.07) is 15.1. The number of aromatic hydroxyl groups is 1. The lowest BCUT2D eigenvalue weighted by Gasteiger charge is -2.33. The highest BCUT2D eigenvalue weighted by molar-refractivity contribution is 5.93. The Labute approximate surface area is 170 Å². The second-order valence-corrected chi connectivity index (χ2v) is 7.01. The predicted octanol–water partition coefficient (Wildman–Crippen LogP) is 3.53. The lowest BCUT2D eigenvalue weighted by molar-refractivity contribution is -0.0117. The third kappa shape index (κ3) is 2.74.